The second-order valence-electron chi connectivity index (χ2n) is 8.21. The van der Waals surface area contributed by atoms with Crippen LogP contribution in [0.25, 0.3) is 0 Å². The van der Waals surface area contributed by atoms with Gasteiger partial charge < -0.3 is 25.2 Å². The lowest BCUT2D eigenvalue weighted by Gasteiger charge is -2.31. The van der Waals surface area contributed by atoms with Crippen molar-refractivity contribution in [2.75, 3.05) is 13.3 Å². The number of amides is 4. The Morgan fingerprint density at radius 1 is 1.20 bits per heavy atom. The number of hydrogen-bond acceptors (Lipinski definition) is 5. The van der Waals surface area contributed by atoms with Crippen molar-refractivity contribution in [1.29, 1.82) is 0 Å². The molecule has 1 fully saturated rings. The van der Waals surface area contributed by atoms with Crippen molar-refractivity contribution in [2.24, 2.45) is 11.8 Å². The van der Waals surface area contributed by atoms with Crippen LogP contribution in [0.1, 0.15) is 33.3 Å². The Bertz CT molecular complexity index is 740. The number of imide groups is 1. The van der Waals surface area contributed by atoms with E-state index < -0.39 is 36.4 Å². The monoisotopic (exact) mass is 421 g/mol. The van der Waals surface area contributed by atoms with Crippen molar-refractivity contribution < 1.29 is 29.3 Å². The minimum atomic E-state index is -1.38. The second kappa shape index (κ2) is 10.4. The first-order valence-electron chi connectivity index (χ1n) is 10.1. The van der Waals surface area contributed by atoms with E-state index in [2.05, 4.69) is 5.32 Å². The Kier molecular flexibility index (Phi) is 8.19. The summed E-state index contributed by atoms with van der Waals surface area (Å²) in [6, 6.07) is 7.00. The van der Waals surface area contributed by atoms with E-state index in [1.54, 1.807) is 27.7 Å². The lowest BCUT2D eigenvalue weighted by molar-refractivity contribution is -0.136. The van der Waals surface area contributed by atoms with Gasteiger partial charge in [-0.2, -0.15) is 0 Å². The summed E-state index contributed by atoms with van der Waals surface area (Å²) in [6.45, 7) is 7.02. The summed E-state index contributed by atoms with van der Waals surface area (Å²) in [5.41, 5.74) is 0.934. The molecule has 0 saturated carbocycles. The number of hydrogen-bond donors (Lipinski definition) is 3. The van der Waals surface area contributed by atoms with Gasteiger partial charge in [0.1, 0.15) is 12.8 Å². The summed E-state index contributed by atoms with van der Waals surface area (Å²) in [4.78, 5) is 39.3. The average Bonchev–Trinajstić information content (AvgIpc) is 3.04. The number of urea groups is 1. The molecular formula is C21H31N3O6. The highest BCUT2D eigenvalue weighted by molar-refractivity contribution is 5.93. The second-order valence-corrected chi connectivity index (χ2v) is 8.21. The molecule has 9 heteroatoms. The van der Waals surface area contributed by atoms with Crippen LogP contribution in [0.5, 0.6) is 0 Å². The molecule has 30 heavy (non-hydrogen) atoms. The molecule has 1 aliphatic heterocycles. The fraction of sp³-hybridized carbons (Fsp3) is 0.571. The van der Waals surface area contributed by atoms with Crippen molar-refractivity contribution in [3.8, 4) is 0 Å². The van der Waals surface area contributed by atoms with Crippen LogP contribution in [0.4, 0.5) is 9.59 Å². The molecule has 0 radical (unpaired) electrons. The van der Waals surface area contributed by atoms with Gasteiger partial charge in [0.2, 0.25) is 5.91 Å². The molecule has 3 N–H and O–H groups in total. The largest absolute Gasteiger partial charge is 0.465 e. The third-order valence-electron chi connectivity index (χ3n) is 4.92. The van der Waals surface area contributed by atoms with E-state index in [1.165, 1.54) is 4.90 Å². The first-order chi connectivity index (χ1) is 14.1. The van der Waals surface area contributed by atoms with Crippen LogP contribution in [-0.2, 0) is 16.0 Å². The topological polar surface area (TPSA) is 119 Å². The van der Waals surface area contributed by atoms with E-state index in [0.717, 1.165) is 5.56 Å². The van der Waals surface area contributed by atoms with E-state index in [0.29, 0.717) is 11.3 Å². The number of carboxylic acid groups (broad SMARTS) is 1. The number of aliphatic hydroxyl groups excluding tert-OH is 1. The first-order valence-corrected chi connectivity index (χ1v) is 10.1. The minimum absolute atomic E-state index is 0.0162. The highest BCUT2D eigenvalue weighted by atomic mass is 16.6. The van der Waals surface area contributed by atoms with Gasteiger partial charge in [0.15, 0.2) is 6.29 Å². The van der Waals surface area contributed by atoms with Gasteiger partial charge in [-0.3, -0.25) is 4.79 Å². The highest BCUT2D eigenvalue weighted by Gasteiger charge is 2.41. The van der Waals surface area contributed by atoms with Crippen LogP contribution in [0.2, 0.25) is 0 Å². The zero-order chi connectivity index (χ0) is 22.4. The normalized spacial score (nSPS) is 19.8. The van der Waals surface area contributed by atoms with Crippen LogP contribution in [-0.4, -0.2) is 69.7 Å². The van der Waals surface area contributed by atoms with Crippen molar-refractivity contribution in [3.05, 3.63) is 35.9 Å². The third kappa shape index (κ3) is 5.93. The van der Waals surface area contributed by atoms with E-state index in [1.807, 2.05) is 30.3 Å². The molecule has 9 nitrogen and oxygen atoms in total. The number of carbonyl (C=O) groups is 3. The fourth-order valence-corrected chi connectivity index (χ4v) is 3.33. The molecule has 1 heterocycles. The van der Waals surface area contributed by atoms with Gasteiger partial charge in [0.25, 0.3) is 0 Å². The standard InChI is InChI=1S/C21H31N3O6/c1-13(2)11-23(21(28)29)20(27)22-17(14(3)4)18(25)24-12-30-19(26)16(24)10-15-8-6-5-7-9-15/h5-9,13-14,16-17,19,26H,10-12H2,1-4H3,(H,22,27)(H,28,29). The SMILES string of the molecule is CC(C)CN(C(=O)O)C(=O)NC(C(=O)N1COC(O)C1Cc1ccccc1)C(C)C. The fourth-order valence-electron chi connectivity index (χ4n) is 3.33. The van der Waals surface area contributed by atoms with Crippen LogP contribution in [0, 0.1) is 11.8 Å². The van der Waals surface area contributed by atoms with Crippen LogP contribution >= 0.6 is 0 Å². The van der Waals surface area contributed by atoms with E-state index >= 15 is 0 Å². The lowest BCUT2D eigenvalue weighted by atomic mass is 10.00. The Morgan fingerprint density at radius 3 is 2.37 bits per heavy atom. The summed E-state index contributed by atoms with van der Waals surface area (Å²) < 4.78 is 5.29. The molecule has 0 bridgehead atoms. The maximum Gasteiger partial charge on any atom is 0.415 e. The van der Waals surface area contributed by atoms with E-state index in [9.17, 15) is 24.6 Å². The van der Waals surface area contributed by atoms with Crippen molar-refractivity contribution in [2.45, 2.75) is 52.5 Å². The van der Waals surface area contributed by atoms with Crippen molar-refractivity contribution in [3.63, 3.8) is 0 Å². The van der Waals surface area contributed by atoms with Gasteiger partial charge in [0, 0.05) is 6.54 Å². The average molecular weight is 421 g/mol. The van der Waals surface area contributed by atoms with Gasteiger partial charge in [0.05, 0.1) is 6.04 Å². The first kappa shape index (κ1) is 23.6. The number of ether oxygens (including phenoxy) is 1. The summed E-state index contributed by atoms with van der Waals surface area (Å²) in [5.74, 6) is -0.783. The Hall–Kier alpha value is -2.65. The van der Waals surface area contributed by atoms with Crippen molar-refractivity contribution >= 4 is 18.0 Å². The smallest absolute Gasteiger partial charge is 0.415 e. The number of carbonyl (C=O) groups excluding carboxylic acids is 2. The molecule has 0 aromatic heterocycles. The number of nitrogens with one attached hydrogen (secondary N) is 1. The quantitative estimate of drug-likeness (QED) is 0.620. The molecule has 2 rings (SSSR count). The number of nitrogens with zero attached hydrogens (tertiary/aromatic N) is 2. The van der Waals surface area contributed by atoms with Gasteiger partial charge >= 0.3 is 12.1 Å². The highest BCUT2D eigenvalue weighted by Crippen LogP contribution is 2.22. The zero-order valence-electron chi connectivity index (χ0n) is 17.8. The van der Waals surface area contributed by atoms with Gasteiger partial charge in [-0.15, -0.1) is 0 Å². The van der Waals surface area contributed by atoms with E-state index in [4.69, 9.17) is 4.74 Å². The molecule has 1 aliphatic rings. The van der Waals surface area contributed by atoms with Crippen LogP contribution < -0.4 is 5.32 Å². The summed E-state index contributed by atoms with van der Waals surface area (Å²) >= 11 is 0. The van der Waals surface area contributed by atoms with E-state index in [-0.39, 0.29) is 25.1 Å². The zero-order valence-corrected chi connectivity index (χ0v) is 17.8. The molecule has 3 unspecified atom stereocenters. The Morgan fingerprint density at radius 2 is 1.83 bits per heavy atom. The van der Waals surface area contributed by atoms with Crippen LogP contribution in [0.3, 0.4) is 0 Å². The maximum atomic E-state index is 13.2. The minimum Gasteiger partial charge on any atom is -0.465 e. The summed E-state index contributed by atoms with van der Waals surface area (Å²) in [6.07, 6.45) is -2.13. The number of benzene rings is 1. The molecule has 4 amide bonds. The Labute approximate surface area is 176 Å². The Balaban J connectivity index is 2.16. The molecule has 166 valence electrons. The van der Waals surface area contributed by atoms with Gasteiger partial charge in [-0.25, -0.2) is 14.5 Å². The summed E-state index contributed by atoms with van der Waals surface area (Å²) in [5, 5.41) is 22.2. The van der Waals surface area contributed by atoms with Gasteiger partial charge in [-0.1, -0.05) is 58.0 Å². The lowest BCUT2D eigenvalue weighted by Crippen LogP contribution is -2.57. The summed E-state index contributed by atoms with van der Waals surface area (Å²) in [7, 11) is 0. The molecule has 1 saturated heterocycles. The predicted molar refractivity (Wildman–Crippen MR) is 109 cm³/mol. The molecule has 3 atom stereocenters. The third-order valence-corrected chi connectivity index (χ3v) is 4.92. The number of rotatable bonds is 7. The molecule has 1 aromatic rings. The molecule has 1 aromatic carbocycles. The molecule has 0 aliphatic carbocycles. The number of aliphatic hydroxyl groups is 1. The molecular weight excluding hydrogens is 390 g/mol. The maximum absolute atomic E-state index is 13.2. The van der Waals surface area contributed by atoms with Gasteiger partial charge in [-0.05, 0) is 23.8 Å². The van der Waals surface area contributed by atoms with Crippen molar-refractivity contribution in [1.82, 2.24) is 15.1 Å². The predicted octanol–water partition coefficient (Wildman–Crippen LogP) is 2.10. The van der Waals surface area contributed by atoms with Crippen LogP contribution in [0.15, 0.2) is 30.3 Å². The molecule has 0 spiro atoms.